The highest BCUT2D eigenvalue weighted by Gasteiger charge is 2.08. The number of benzene rings is 1. The highest BCUT2D eigenvalue weighted by atomic mass is 16.3. The van der Waals surface area contributed by atoms with Crippen molar-refractivity contribution in [1.82, 2.24) is 0 Å². The third kappa shape index (κ3) is 3.31. The van der Waals surface area contributed by atoms with E-state index in [1.807, 2.05) is 6.07 Å². The van der Waals surface area contributed by atoms with Crippen molar-refractivity contribution in [3.05, 3.63) is 54.9 Å². The van der Waals surface area contributed by atoms with Crippen molar-refractivity contribution >= 4 is 11.6 Å². The molecule has 4 nitrogen and oxygen atoms in total. The third-order valence-electron chi connectivity index (χ3n) is 2.19. The fourth-order valence-corrected chi connectivity index (χ4v) is 1.40. The quantitative estimate of drug-likeness (QED) is 0.611. The Morgan fingerprint density at radius 1 is 1.35 bits per heavy atom. The van der Waals surface area contributed by atoms with Crippen LogP contribution in [0.2, 0.25) is 0 Å². The monoisotopic (exact) mass is 228 g/mol. The molecule has 1 amide bonds. The topological polar surface area (TPSA) is 53.2 Å². The minimum Gasteiger partial charge on any atom is -0.508 e. The molecule has 0 aliphatic heterocycles. The smallest absolute Gasteiger partial charge is 0.290 e. The average molecular weight is 228 g/mol. The molecular formula is C13H12N2O2+. The minimum absolute atomic E-state index is 0.125. The van der Waals surface area contributed by atoms with E-state index in [1.54, 1.807) is 35.2 Å². The first-order chi connectivity index (χ1) is 8.24. The molecule has 0 aliphatic rings. The molecular weight excluding hydrogens is 216 g/mol. The van der Waals surface area contributed by atoms with Crippen LogP contribution in [0.5, 0.6) is 5.75 Å². The number of amides is 1. The molecule has 2 N–H and O–H groups in total. The van der Waals surface area contributed by atoms with Gasteiger partial charge in [-0.25, -0.2) is 0 Å². The molecule has 1 aromatic heterocycles. The Morgan fingerprint density at radius 3 is 2.76 bits per heavy atom. The van der Waals surface area contributed by atoms with Crippen molar-refractivity contribution < 1.29 is 14.5 Å². The lowest BCUT2D eigenvalue weighted by molar-refractivity contribution is -0.684. The summed E-state index contributed by atoms with van der Waals surface area (Å²) >= 11 is 0. The van der Waals surface area contributed by atoms with E-state index in [4.69, 9.17) is 5.11 Å². The maximum Gasteiger partial charge on any atom is 0.290 e. The van der Waals surface area contributed by atoms with Crippen LogP contribution in [-0.2, 0) is 11.3 Å². The Hall–Kier alpha value is -2.36. The van der Waals surface area contributed by atoms with Crippen molar-refractivity contribution in [2.75, 3.05) is 5.32 Å². The van der Waals surface area contributed by atoms with Crippen LogP contribution in [0, 0.1) is 6.07 Å². The van der Waals surface area contributed by atoms with Crippen molar-refractivity contribution in [2.45, 2.75) is 6.54 Å². The lowest BCUT2D eigenvalue weighted by Gasteiger charge is -2.02. The maximum absolute atomic E-state index is 11.7. The maximum atomic E-state index is 11.7. The summed E-state index contributed by atoms with van der Waals surface area (Å²) in [6, 6.07) is 12.8. The van der Waals surface area contributed by atoms with Crippen LogP contribution >= 0.6 is 0 Å². The molecule has 4 heteroatoms. The molecule has 85 valence electrons. The molecule has 0 saturated carbocycles. The first kappa shape index (κ1) is 11.1. The lowest BCUT2D eigenvalue weighted by atomic mass is 10.3. The van der Waals surface area contributed by atoms with Gasteiger partial charge in [-0.3, -0.25) is 4.79 Å². The lowest BCUT2D eigenvalue weighted by Crippen LogP contribution is -2.39. The number of carbonyl (C=O) groups excluding carboxylic acids is 1. The zero-order chi connectivity index (χ0) is 12.1. The molecule has 2 aromatic rings. The van der Waals surface area contributed by atoms with Gasteiger partial charge < -0.3 is 10.4 Å². The summed E-state index contributed by atoms with van der Waals surface area (Å²) in [6.07, 6.45) is 3.50. The number of hydrogen-bond acceptors (Lipinski definition) is 2. The van der Waals surface area contributed by atoms with Gasteiger partial charge in [0, 0.05) is 11.8 Å². The molecule has 0 fully saturated rings. The first-order valence-corrected chi connectivity index (χ1v) is 5.18. The van der Waals surface area contributed by atoms with Crippen molar-refractivity contribution in [3.8, 4) is 5.75 Å². The molecule has 0 atom stereocenters. The SMILES string of the molecule is O=C(C[n+]1c[c]ccc1)Nc1ccc(O)cc1. The van der Waals surface area contributed by atoms with Gasteiger partial charge in [-0.15, -0.1) is 0 Å². The van der Waals surface area contributed by atoms with Crippen molar-refractivity contribution in [1.29, 1.82) is 0 Å². The Bertz CT molecular complexity index is 495. The number of aromatic nitrogens is 1. The molecule has 0 saturated heterocycles. The van der Waals surface area contributed by atoms with E-state index in [0.29, 0.717) is 5.69 Å². The van der Waals surface area contributed by atoms with Gasteiger partial charge in [-0.1, -0.05) is 0 Å². The number of phenols is 1. The van der Waals surface area contributed by atoms with E-state index in [9.17, 15) is 4.79 Å². The number of aromatic hydroxyl groups is 1. The highest BCUT2D eigenvalue weighted by Crippen LogP contribution is 2.13. The summed E-state index contributed by atoms with van der Waals surface area (Å²) in [7, 11) is 0. The molecule has 0 bridgehead atoms. The van der Waals surface area contributed by atoms with Gasteiger partial charge in [0.1, 0.15) is 5.75 Å². The van der Waals surface area contributed by atoms with Crippen molar-refractivity contribution in [2.24, 2.45) is 0 Å². The predicted octanol–water partition coefficient (Wildman–Crippen LogP) is 1.12. The fourth-order valence-electron chi connectivity index (χ4n) is 1.40. The summed E-state index contributed by atoms with van der Waals surface area (Å²) in [6.45, 7) is 0.234. The van der Waals surface area contributed by atoms with E-state index >= 15 is 0 Å². The summed E-state index contributed by atoms with van der Waals surface area (Å²) < 4.78 is 1.73. The molecule has 2 rings (SSSR count). The van der Waals surface area contributed by atoms with E-state index in [2.05, 4.69) is 11.4 Å². The molecule has 0 unspecified atom stereocenters. The van der Waals surface area contributed by atoms with Gasteiger partial charge in [0.25, 0.3) is 5.91 Å². The van der Waals surface area contributed by atoms with E-state index in [1.165, 1.54) is 12.1 Å². The van der Waals surface area contributed by atoms with Crippen LogP contribution in [0.15, 0.2) is 48.8 Å². The van der Waals surface area contributed by atoms with Gasteiger partial charge in [0.05, 0.1) is 6.07 Å². The van der Waals surface area contributed by atoms with E-state index in [-0.39, 0.29) is 18.2 Å². The number of rotatable bonds is 3. The molecule has 1 radical (unpaired) electrons. The summed E-state index contributed by atoms with van der Waals surface area (Å²) in [5, 5.41) is 11.8. The number of phenolic OH excluding ortho intramolecular Hbond substituents is 1. The minimum atomic E-state index is -0.125. The van der Waals surface area contributed by atoms with Crippen LogP contribution in [0.25, 0.3) is 0 Å². The average Bonchev–Trinajstić information content (AvgIpc) is 2.33. The normalized spacial score (nSPS) is 9.88. The molecule has 1 aromatic carbocycles. The summed E-state index contributed by atoms with van der Waals surface area (Å²) in [4.78, 5) is 11.7. The Morgan fingerprint density at radius 2 is 2.12 bits per heavy atom. The highest BCUT2D eigenvalue weighted by molar-refractivity contribution is 5.89. The Kier molecular flexibility index (Phi) is 3.35. The molecule has 17 heavy (non-hydrogen) atoms. The van der Waals surface area contributed by atoms with Gasteiger partial charge in [-0.2, -0.15) is 4.57 Å². The molecule has 1 heterocycles. The zero-order valence-corrected chi connectivity index (χ0v) is 9.13. The molecule has 0 aliphatic carbocycles. The van der Waals surface area contributed by atoms with Gasteiger partial charge >= 0.3 is 0 Å². The van der Waals surface area contributed by atoms with Crippen LogP contribution in [-0.4, -0.2) is 11.0 Å². The fraction of sp³-hybridized carbons (Fsp3) is 0.0769. The number of hydrogen-bond donors (Lipinski definition) is 2. The summed E-state index contributed by atoms with van der Waals surface area (Å²) in [5.41, 5.74) is 0.660. The number of pyridine rings is 1. The Labute approximate surface area is 99.2 Å². The van der Waals surface area contributed by atoms with Crippen LogP contribution < -0.4 is 9.88 Å². The van der Waals surface area contributed by atoms with Gasteiger partial charge in [0.2, 0.25) is 6.54 Å². The largest absolute Gasteiger partial charge is 0.508 e. The van der Waals surface area contributed by atoms with Gasteiger partial charge in [0.15, 0.2) is 12.4 Å². The third-order valence-corrected chi connectivity index (χ3v) is 2.19. The second-order valence-electron chi connectivity index (χ2n) is 3.57. The molecule has 0 spiro atoms. The number of nitrogens with zero attached hydrogens (tertiary/aromatic N) is 1. The predicted molar refractivity (Wildman–Crippen MR) is 62.2 cm³/mol. The van der Waals surface area contributed by atoms with Crippen LogP contribution in [0.1, 0.15) is 0 Å². The Balaban J connectivity index is 1.96. The second-order valence-corrected chi connectivity index (χ2v) is 3.57. The standard InChI is InChI=1S/C13H11N2O2/c16-12-6-4-11(5-7-12)14-13(17)10-15-8-2-1-3-9-15/h1-2,4-9H,10H2,(H-,14,16,17)/p+1. The zero-order valence-electron chi connectivity index (χ0n) is 9.13. The number of carbonyl (C=O) groups is 1. The van der Waals surface area contributed by atoms with E-state index in [0.717, 1.165) is 0 Å². The number of nitrogens with one attached hydrogen (secondary N) is 1. The summed E-state index contributed by atoms with van der Waals surface area (Å²) in [5.74, 6) is 0.0512. The second kappa shape index (κ2) is 5.12. The van der Waals surface area contributed by atoms with Crippen LogP contribution in [0.4, 0.5) is 5.69 Å². The van der Waals surface area contributed by atoms with Gasteiger partial charge in [-0.05, 0) is 30.3 Å². The van der Waals surface area contributed by atoms with Crippen molar-refractivity contribution in [3.63, 3.8) is 0 Å². The van der Waals surface area contributed by atoms with Crippen LogP contribution in [0.3, 0.4) is 0 Å². The number of anilines is 1. The van der Waals surface area contributed by atoms with E-state index < -0.39 is 0 Å². The first-order valence-electron chi connectivity index (χ1n) is 5.18.